The molecule has 24 heavy (non-hydrogen) atoms. The molecule has 1 aliphatic rings. The van der Waals surface area contributed by atoms with E-state index in [0.717, 1.165) is 18.8 Å². The van der Waals surface area contributed by atoms with Crippen LogP contribution < -0.4 is 16.0 Å². The van der Waals surface area contributed by atoms with Crippen LogP contribution in [0.25, 0.3) is 0 Å². The lowest BCUT2D eigenvalue weighted by Crippen LogP contribution is -2.47. The van der Waals surface area contributed by atoms with Gasteiger partial charge in [-0.25, -0.2) is 0 Å². The summed E-state index contributed by atoms with van der Waals surface area (Å²) in [5.41, 5.74) is 0. The molecule has 2 heterocycles. The zero-order valence-electron chi connectivity index (χ0n) is 14.4. The number of guanidine groups is 1. The second-order valence-electron chi connectivity index (χ2n) is 5.59. The summed E-state index contributed by atoms with van der Waals surface area (Å²) in [6, 6.07) is 4.18. The Morgan fingerprint density at radius 1 is 1.42 bits per heavy atom. The summed E-state index contributed by atoms with van der Waals surface area (Å²) < 4.78 is 5.17. The van der Waals surface area contributed by atoms with Crippen LogP contribution in [-0.2, 0) is 11.3 Å². The molecule has 1 aromatic rings. The van der Waals surface area contributed by atoms with Gasteiger partial charge < -0.3 is 20.4 Å². The monoisotopic (exact) mass is 449 g/mol. The van der Waals surface area contributed by atoms with Crippen molar-refractivity contribution < 1.29 is 9.21 Å². The maximum atomic E-state index is 11.8. The minimum atomic E-state index is -0.0969. The molecule has 1 aliphatic heterocycles. The number of amides is 1. The van der Waals surface area contributed by atoms with Gasteiger partial charge in [0.25, 0.3) is 0 Å². The van der Waals surface area contributed by atoms with Gasteiger partial charge in [0.05, 0.1) is 19.4 Å². The van der Waals surface area contributed by atoms with E-state index in [1.54, 1.807) is 19.4 Å². The van der Waals surface area contributed by atoms with Crippen molar-refractivity contribution in [3.8, 4) is 0 Å². The molecular formula is C16H28IN5O2. The normalized spacial score (nSPS) is 18.1. The van der Waals surface area contributed by atoms with E-state index in [9.17, 15) is 4.79 Å². The molecule has 2 rings (SSSR count). The second-order valence-corrected chi connectivity index (χ2v) is 5.59. The molecule has 0 saturated carbocycles. The van der Waals surface area contributed by atoms with Gasteiger partial charge in [-0.05, 0) is 38.1 Å². The van der Waals surface area contributed by atoms with E-state index in [1.165, 1.54) is 19.4 Å². The van der Waals surface area contributed by atoms with Gasteiger partial charge in [-0.2, -0.15) is 0 Å². The average molecular weight is 449 g/mol. The first-order valence-corrected chi connectivity index (χ1v) is 8.20. The number of aliphatic imine (C=N–C) groups is 1. The number of carbonyl (C=O) groups is 1. The SMILES string of the molecule is CCN1CCCC1CNC(=NC)NCC(=O)NCc1ccco1.I. The first-order chi connectivity index (χ1) is 11.2. The zero-order valence-corrected chi connectivity index (χ0v) is 16.7. The van der Waals surface area contributed by atoms with Crippen LogP contribution in [0.3, 0.4) is 0 Å². The first kappa shape index (κ1) is 20.8. The highest BCUT2D eigenvalue weighted by molar-refractivity contribution is 14.0. The molecular weight excluding hydrogens is 421 g/mol. The van der Waals surface area contributed by atoms with Gasteiger partial charge in [-0.3, -0.25) is 14.7 Å². The Kier molecular flexibility index (Phi) is 9.77. The Balaban J connectivity index is 0.00000288. The van der Waals surface area contributed by atoms with E-state index in [0.29, 0.717) is 18.5 Å². The fraction of sp³-hybridized carbons (Fsp3) is 0.625. The van der Waals surface area contributed by atoms with Crippen molar-refractivity contribution in [3.63, 3.8) is 0 Å². The Morgan fingerprint density at radius 2 is 2.25 bits per heavy atom. The molecule has 0 aliphatic carbocycles. The summed E-state index contributed by atoms with van der Waals surface area (Å²) >= 11 is 0. The summed E-state index contributed by atoms with van der Waals surface area (Å²) in [7, 11) is 1.71. The maximum Gasteiger partial charge on any atom is 0.239 e. The maximum absolute atomic E-state index is 11.8. The predicted molar refractivity (Wildman–Crippen MR) is 106 cm³/mol. The summed E-state index contributed by atoms with van der Waals surface area (Å²) in [5.74, 6) is 1.29. The largest absolute Gasteiger partial charge is 0.467 e. The lowest BCUT2D eigenvalue weighted by Gasteiger charge is -2.23. The molecule has 0 bridgehead atoms. The number of rotatable bonds is 7. The highest BCUT2D eigenvalue weighted by Gasteiger charge is 2.22. The lowest BCUT2D eigenvalue weighted by atomic mass is 10.2. The summed E-state index contributed by atoms with van der Waals surface area (Å²) in [6.07, 6.45) is 4.05. The molecule has 0 aromatic carbocycles. The van der Waals surface area contributed by atoms with Crippen LogP contribution in [0.5, 0.6) is 0 Å². The third kappa shape index (κ3) is 6.68. The highest BCUT2D eigenvalue weighted by atomic mass is 127. The third-order valence-electron chi connectivity index (χ3n) is 4.09. The van der Waals surface area contributed by atoms with Crippen molar-refractivity contribution in [1.29, 1.82) is 0 Å². The molecule has 1 fully saturated rings. The van der Waals surface area contributed by atoms with Crippen LogP contribution in [0.4, 0.5) is 0 Å². The molecule has 1 atom stereocenters. The Labute approximate surface area is 160 Å². The molecule has 8 heteroatoms. The zero-order chi connectivity index (χ0) is 16.5. The topological polar surface area (TPSA) is 81.9 Å². The Morgan fingerprint density at radius 3 is 2.92 bits per heavy atom. The Bertz CT molecular complexity index is 507. The van der Waals surface area contributed by atoms with Crippen molar-refractivity contribution in [2.24, 2.45) is 4.99 Å². The standard InChI is InChI=1S/C16H27N5O2.HI/c1-3-21-8-4-6-13(21)10-19-16(17-2)20-12-15(22)18-11-14-7-5-9-23-14;/h5,7,9,13H,3-4,6,8,10-12H2,1-2H3,(H,18,22)(H2,17,19,20);1H. The van der Waals surface area contributed by atoms with E-state index in [4.69, 9.17) is 4.42 Å². The molecule has 1 aromatic heterocycles. The van der Waals surface area contributed by atoms with Crippen LogP contribution in [-0.4, -0.2) is 56.0 Å². The predicted octanol–water partition coefficient (Wildman–Crippen LogP) is 1.16. The number of hydrogen-bond donors (Lipinski definition) is 3. The third-order valence-corrected chi connectivity index (χ3v) is 4.09. The number of hydrogen-bond acceptors (Lipinski definition) is 4. The fourth-order valence-electron chi connectivity index (χ4n) is 2.80. The molecule has 1 unspecified atom stereocenters. The minimum absolute atomic E-state index is 0. The molecule has 0 radical (unpaired) electrons. The van der Waals surface area contributed by atoms with Gasteiger partial charge in [0.1, 0.15) is 5.76 Å². The van der Waals surface area contributed by atoms with Crippen LogP contribution in [0.1, 0.15) is 25.5 Å². The van der Waals surface area contributed by atoms with Gasteiger partial charge in [0.2, 0.25) is 5.91 Å². The number of carbonyl (C=O) groups excluding carboxylic acids is 1. The first-order valence-electron chi connectivity index (χ1n) is 8.20. The van der Waals surface area contributed by atoms with Crippen LogP contribution >= 0.6 is 24.0 Å². The lowest BCUT2D eigenvalue weighted by molar-refractivity contribution is -0.120. The van der Waals surface area contributed by atoms with Gasteiger partial charge in [0, 0.05) is 19.6 Å². The number of nitrogens with zero attached hydrogens (tertiary/aromatic N) is 2. The second kappa shape index (κ2) is 11.3. The van der Waals surface area contributed by atoms with Crippen molar-refractivity contribution in [2.75, 3.05) is 33.2 Å². The quantitative estimate of drug-likeness (QED) is 0.331. The molecule has 1 amide bonds. The van der Waals surface area contributed by atoms with E-state index in [-0.39, 0.29) is 36.4 Å². The number of furan rings is 1. The number of likely N-dealkylation sites (tertiary alicyclic amines) is 1. The fourth-order valence-corrected chi connectivity index (χ4v) is 2.80. The number of nitrogens with one attached hydrogen (secondary N) is 3. The summed E-state index contributed by atoms with van der Waals surface area (Å²) in [6.45, 7) is 5.86. The van der Waals surface area contributed by atoms with E-state index >= 15 is 0 Å². The Hall–Kier alpha value is -1.29. The van der Waals surface area contributed by atoms with Crippen LogP contribution in [0.2, 0.25) is 0 Å². The summed E-state index contributed by atoms with van der Waals surface area (Å²) in [5, 5.41) is 9.12. The van der Waals surface area contributed by atoms with Crippen LogP contribution in [0, 0.1) is 0 Å². The van der Waals surface area contributed by atoms with Crippen LogP contribution in [0.15, 0.2) is 27.8 Å². The average Bonchev–Trinajstić information content (AvgIpc) is 3.24. The number of halogens is 1. The molecule has 1 saturated heterocycles. The van der Waals surface area contributed by atoms with Crippen molar-refractivity contribution in [1.82, 2.24) is 20.9 Å². The highest BCUT2D eigenvalue weighted by Crippen LogP contribution is 2.15. The molecule has 0 spiro atoms. The summed E-state index contributed by atoms with van der Waals surface area (Å²) in [4.78, 5) is 18.4. The van der Waals surface area contributed by atoms with Crippen molar-refractivity contribution >= 4 is 35.8 Å². The van der Waals surface area contributed by atoms with Crippen molar-refractivity contribution in [3.05, 3.63) is 24.2 Å². The van der Waals surface area contributed by atoms with Gasteiger partial charge in [-0.1, -0.05) is 6.92 Å². The van der Waals surface area contributed by atoms with Gasteiger partial charge in [-0.15, -0.1) is 24.0 Å². The van der Waals surface area contributed by atoms with E-state index in [1.807, 2.05) is 6.07 Å². The van der Waals surface area contributed by atoms with Gasteiger partial charge in [0.15, 0.2) is 5.96 Å². The molecule has 3 N–H and O–H groups in total. The molecule has 7 nitrogen and oxygen atoms in total. The smallest absolute Gasteiger partial charge is 0.239 e. The van der Waals surface area contributed by atoms with Gasteiger partial charge >= 0.3 is 0 Å². The number of likely N-dealkylation sites (N-methyl/N-ethyl adjacent to an activating group) is 1. The van der Waals surface area contributed by atoms with E-state index < -0.39 is 0 Å². The van der Waals surface area contributed by atoms with Crippen molar-refractivity contribution in [2.45, 2.75) is 32.4 Å². The van der Waals surface area contributed by atoms with E-state index in [2.05, 4.69) is 32.8 Å². The molecule has 136 valence electrons. The minimum Gasteiger partial charge on any atom is -0.467 e.